The smallest absolute Gasteiger partial charge is 0.338 e. The first-order valence-electron chi connectivity index (χ1n) is 7.23. The molecule has 0 unspecified atom stereocenters. The van der Waals surface area contributed by atoms with Crippen LogP contribution in [-0.4, -0.2) is 24.5 Å². The summed E-state index contributed by atoms with van der Waals surface area (Å²) in [7, 11) is 0. The van der Waals surface area contributed by atoms with Crippen molar-refractivity contribution in [2.24, 2.45) is 11.7 Å². The number of ether oxygens (including phenoxy) is 1. The summed E-state index contributed by atoms with van der Waals surface area (Å²) in [5, 5.41) is 2.80. The summed E-state index contributed by atoms with van der Waals surface area (Å²) in [5.41, 5.74) is 7.22. The van der Waals surface area contributed by atoms with E-state index < -0.39 is 6.04 Å². The minimum absolute atomic E-state index is 0. The van der Waals surface area contributed by atoms with Crippen molar-refractivity contribution in [3.63, 3.8) is 0 Å². The number of hydrogen-bond donors (Lipinski definition) is 2. The number of halogens is 1. The predicted octanol–water partition coefficient (Wildman–Crippen LogP) is 2.27. The zero-order chi connectivity index (χ0) is 15.8. The third-order valence-corrected chi connectivity index (χ3v) is 2.99. The van der Waals surface area contributed by atoms with Crippen molar-refractivity contribution in [1.82, 2.24) is 5.32 Å². The molecule has 0 bridgehead atoms. The van der Waals surface area contributed by atoms with Crippen molar-refractivity contribution in [2.45, 2.75) is 39.8 Å². The number of nitrogens with two attached hydrogens (primary N) is 1. The third-order valence-electron chi connectivity index (χ3n) is 2.99. The van der Waals surface area contributed by atoms with Crippen LogP contribution in [-0.2, 0) is 16.1 Å². The van der Waals surface area contributed by atoms with E-state index in [0.717, 1.165) is 5.56 Å². The number of nitrogens with one attached hydrogen (secondary N) is 1. The molecule has 1 amide bonds. The maximum absolute atomic E-state index is 11.8. The molecular weight excluding hydrogens is 304 g/mol. The minimum atomic E-state index is -0.483. The van der Waals surface area contributed by atoms with Gasteiger partial charge in [-0.3, -0.25) is 4.79 Å². The van der Waals surface area contributed by atoms with Gasteiger partial charge in [0.1, 0.15) is 0 Å². The van der Waals surface area contributed by atoms with Gasteiger partial charge < -0.3 is 15.8 Å². The Balaban J connectivity index is 0.00000441. The predicted molar refractivity (Wildman–Crippen MR) is 88.9 cm³/mol. The van der Waals surface area contributed by atoms with Crippen LogP contribution in [0.2, 0.25) is 0 Å². The van der Waals surface area contributed by atoms with Crippen molar-refractivity contribution in [2.75, 3.05) is 6.61 Å². The van der Waals surface area contributed by atoms with Crippen LogP contribution in [0.5, 0.6) is 0 Å². The highest BCUT2D eigenvalue weighted by molar-refractivity contribution is 5.89. The molecule has 0 spiro atoms. The van der Waals surface area contributed by atoms with Crippen LogP contribution in [0, 0.1) is 5.92 Å². The van der Waals surface area contributed by atoms with Crippen LogP contribution in [0.25, 0.3) is 0 Å². The second kappa shape index (κ2) is 10.2. The summed E-state index contributed by atoms with van der Waals surface area (Å²) in [6, 6.07) is 6.48. The fraction of sp³-hybridized carbons (Fsp3) is 0.500. The van der Waals surface area contributed by atoms with E-state index in [1.807, 2.05) is 13.8 Å². The molecule has 0 aliphatic rings. The fourth-order valence-electron chi connectivity index (χ4n) is 1.91. The normalized spacial score (nSPS) is 11.5. The minimum Gasteiger partial charge on any atom is -0.462 e. The summed E-state index contributed by atoms with van der Waals surface area (Å²) in [6.45, 7) is 6.57. The second-order valence-corrected chi connectivity index (χ2v) is 5.37. The van der Waals surface area contributed by atoms with E-state index >= 15 is 0 Å². The Morgan fingerprint density at radius 1 is 1.23 bits per heavy atom. The van der Waals surface area contributed by atoms with E-state index in [1.54, 1.807) is 31.2 Å². The van der Waals surface area contributed by atoms with Gasteiger partial charge in [0.2, 0.25) is 5.91 Å². The van der Waals surface area contributed by atoms with Gasteiger partial charge in [-0.1, -0.05) is 26.0 Å². The SMILES string of the molecule is CCOC(=O)c1ccc(CNC(=O)[C@@H](N)CC(C)C)cc1.Cl. The Labute approximate surface area is 138 Å². The second-order valence-electron chi connectivity index (χ2n) is 5.37. The lowest BCUT2D eigenvalue weighted by atomic mass is 10.0. The highest BCUT2D eigenvalue weighted by atomic mass is 35.5. The first-order chi connectivity index (χ1) is 9.93. The standard InChI is InChI=1S/C16H24N2O3.ClH/c1-4-21-16(20)13-7-5-12(6-8-13)10-18-15(19)14(17)9-11(2)3;/h5-8,11,14H,4,9-10,17H2,1-3H3,(H,18,19);1H/t14-;/m0./s1. The van der Waals surface area contributed by atoms with Crippen molar-refractivity contribution in [1.29, 1.82) is 0 Å². The fourth-order valence-corrected chi connectivity index (χ4v) is 1.91. The van der Waals surface area contributed by atoms with Gasteiger partial charge in [-0.05, 0) is 37.0 Å². The molecule has 22 heavy (non-hydrogen) atoms. The summed E-state index contributed by atoms with van der Waals surface area (Å²) < 4.78 is 4.91. The van der Waals surface area contributed by atoms with Gasteiger partial charge in [0, 0.05) is 6.54 Å². The van der Waals surface area contributed by atoms with E-state index in [9.17, 15) is 9.59 Å². The molecule has 0 aromatic heterocycles. The van der Waals surface area contributed by atoms with E-state index in [-0.39, 0.29) is 24.3 Å². The quantitative estimate of drug-likeness (QED) is 0.752. The van der Waals surface area contributed by atoms with Crippen LogP contribution in [0.1, 0.15) is 43.1 Å². The molecule has 0 saturated carbocycles. The van der Waals surface area contributed by atoms with Crippen molar-refractivity contribution >= 4 is 24.3 Å². The molecule has 0 heterocycles. The van der Waals surface area contributed by atoms with Gasteiger partial charge in [-0.15, -0.1) is 12.4 Å². The number of carbonyl (C=O) groups excluding carboxylic acids is 2. The van der Waals surface area contributed by atoms with E-state index in [4.69, 9.17) is 10.5 Å². The first kappa shape index (κ1) is 20.4. The highest BCUT2D eigenvalue weighted by Gasteiger charge is 2.14. The molecule has 3 N–H and O–H groups in total. The topological polar surface area (TPSA) is 81.4 Å². The average Bonchev–Trinajstić information content (AvgIpc) is 2.44. The zero-order valence-corrected chi connectivity index (χ0v) is 14.1. The Morgan fingerprint density at radius 2 is 1.82 bits per heavy atom. The number of esters is 1. The van der Waals surface area contributed by atoms with Crippen LogP contribution in [0.15, 0.2) is 24.3 Å². The number of amides is 1. The van der Waals surface area contributed by atoms with Crippen LogP contribution >= 0.6 is 12.4 Å². The molecule has 1 rings (SSSR count). The van der Waals surface area contributed by atoms with Gasteiger partial charge in [0.05, 0.1) is 18.2 Å². The highest BCUT2D eigenvalue weighted by Crippen LogP contribution is 2.07. The van der Waals surface area contributed by atoms with Crippen LogP contribution in [0.3, 0.4) is 0 Å². The van der Waals surface area contributed by atoms with Crippen molar-refractivity contribution in [3.05, 3.63) is 35.4 Å². The molecule has 1 aromatic carbocycles. The molecular formula is C16H25ClN2O3. The van der Waals surface area contributed by atoms with Gasteiger partial charge in [0.25, 0.3) is 0 Å². The van der Waals surface area contributed by atoms with E-state index in [1.165, 1.54) is 0 Å². The van der Waals surface area contributed by atoms with E-state index in [0.29, 0.717) is 31.1 Å². The molecule has 6 heteroatoms. The summed E-state index contributed by atoms with van der Waals surface area (Å²) in [6.07, 6.45) is 0.660. The molecule has 1 atom stereocenters. The Hall–Kier alpha value is -1.59. The molecule has 124 valence electrons. The largest absolute Gasteiger partial charge is 0.462 e. The number of rotatable bonds is 7. The van der Waals surface area contributed by atoms with Gasteiger partial charge in [-0.25, -0.2) is 4.79 Å². The van der Waals surface area contributed by atoms with Crippen LogP contribution in [0.4, 0.5) is 0 Å². The maximum Gasteiger partial charge on any atom is 0.338 e. The van der Waals surface area contributed by atoms with Crippen LogP contribution < -0.4 is 11.1 Å². The molecule has 0 aliphatic carbocycles. The number of carbonyl (C=O) groups is 2. The monoisotopic (exact) mass is 328 g/mol. The third kappa shape index (κ3) is 6.91. The lowest BCUT2D eigenvalue weighted by Crippen LogP contribution is -2.41. The Kier molecular flexibility index (Phi) is 9.45. The van der Waals surface area contributed by atoms with Gasteiger partial charge in [0.15, 0.2) is 0 Å². The Bertz CT molecular complexity index is 475. The maximum atomic E-state index is 11.8. The van der Waals surface area contributed by atoms with Gasteiger partial charge in [-0.2, -0.15) is 0 Å². The molecule has 0 aliphatic heterocycles. The van der Waals surface area contributed by atoms with Crippen molar-refractivity contribution in [3.8, 4) is 0 Å². The van der Waals surface area contributed by atoms with Gasteiger partial charge >= 0.3 is 5.97 Å². The lowest BCUT2D eigenvalue weighted by Gasteiger charge is -2.14. The molecule has 5 nitrogen and oxygen atoms in total. The average molecular weight is 329 g/mol. The zero-order valence-electron chi connectivity index (χ0n) is 13.3. The Morgan fingerprint density at radius 3 is 2.32 bits per heavy atom. The summed E-state index contributed by atoms with van der Waals surface area (Å²) in [4.78, 5) is 23.3. The number of benzene rings is 1. The number of hydrogen-bond acceptors (Lipinski definition) is 4. The van der Waals surface area contributed by atoms with Crippen molar-refractivity contribution < 1.29 is 14.3 Å². The first-order valence-corrected chi connectivity index (χ1v) is 7.23. The molecule has 0 radical (unpaired) electrons. The summed E-state index contributed by atoms with van der Waals surface area (Å²) >= 11 is 0. The lowest BCUT2D eigenvalue weighted by molar-refractivity contribution is -0.122. The molecule has 0 saturated heterocycles. The summed E-state index contributed by atoms with van der Waals surface area (Å²) in [5.74, 6) is -0.111. The molecule has 0 fully saturated rings. The van der Waals surface area contributed by atoms with E-state index in [2.05, 4.69) is 5.32 Å². The molecule has 1 aromatic rings.